The molecule has 0 bridgehead atoms. The second-order valence-electron chi connectivity index (χ2n) is 6.99. The average Bonchev–Trinajstić information content (AvgIpc) is 2.96. The fourth-order valence-electron chi connectivity index (χ4n) is 3.77. The number of ether oxygens (including phenoxy) is 1. The molecule has 2 aliphatic heterocycles. The maximum atomic E-state index is 12.6. The largest absolute Gasteiger partial charge is 0.466 e. The van der Waals surface area contributed by atoms with Gasteiger partial charge in [-0.25, -0.2) is 0 Å². The first-order chi connectivity index (χ1) is 12.9. The summed E-state index contributed by atoms with van der Waals surface area (Å²) in [5, 5.41) is 0. The number of thioether (sulfide) groups is 1. The highest BCUT2D eigenvalue weighted by Gasteiger charge is 2.49. The normalized spacial score (nSPS) is 18.8. The molecular weight excluding hydrogens is 364 g/mol. The van der Waals surface area contributed by atoms with Crippen LogP contribution in [0.3, 0.4) is 0 Å². The second kappa shape index (κ2) is 8.33. The summed E-state index contributed by atoms with van der Waals surface area (Å²) in [7, 11) is 0. The van der Waals surface area contributed by atoms with Gasteiger partial charge < -0.3 is 9.64 Å². The summed E-state index contributed by atoms with van der Waals surface area (Å²) >= 11 is 1.69. The Hall–Kier alpha value is -2.02. The van der Waals surface area contributed by atoms with Crippen LogP contribution in [0.1, 0.15) is 38.2 Å². The van der Waals surface area contributed by atoms with Crippen LogP contribution in [-0.2, 0) is 19.1 Å². The summed E-state index contributed by atoms with van der Waals surface area (Å²) in [5.74, 6) is 0.258. The van der Waals surface area contributed by atoms with Crippen molar-refractivity contribution in [3.63, 3.8) is 0 Å². The summed E-state index contributed by atoms with van der Waals surface area (Å²) in [6, 6.07) is 8.02. The number of piperidine rings is 1. The van der Waals surface area contributed by atoms with Crippen LogP contribution in [-0.4, -0.2) is 53.0 Å². The predicted octanol–water partition coefficient (Wildman–Crippen LogP) is 2.74. The van der Waals surface area contributed by atoms with Crippen molar-refractivity contribution in [1.82, 2.24) is 4.90 Å². The Balaban J connectivity index is 1.63. The number of carbonyl (C=O) groups is 3. The van der Waals surface area contributed by atoms with Gasteiger partial charge in [-0.2, -0.15) is 0 Å². The zero-order valence-corrected chi connectivity index (χ0v) is 16.7. The van der Waals surface area contributed by atoms with E-state index in [0.29, 0.717) is 25.4 Å². The number of nitrogens with zero attached hydrogens (tertiary/aromatic N) is 2. The Kier molecular flexibility index (Phi) is 6.09. The Morgan fingerprint density at radius 2 is 1.96 bits per heavy atom. The zero-order chi connectivity index (χ0) is 19.4. The third-order valence-electron chi connectivity index (χ3n) is 5.13. The van der Waals surface area contributed by atoms with E-state index in [-0.39, 0.29) is 35.5 Å². The van der Waals surface area contributed by atoms with Crippen LogP contribution in [0, 0.1) is 6.92 Å². The number of anilines is 1. The molecule has 0 unspecified atom stereocenters. The molecule has 146 valence electrons. The summed E-state index contributed by atoms with van der Waals surface area (Å²) < 4.78 is 4.88. The fraction of sp³-hybridized carbons (Fsp3) is 0.550. The first kappa shape index (κ1) is 19.7. The van der Waals surface area contributed by atoms with E-state index in [1.54, 1.807) is 18.7 Å². The Morgan fingerprint density at radius 1 is 1.22 bits per heavy atom. The molecule has 2 amide bonds. The molecule has 6 nitrogen and oxygen atoms in total. The van der Waals surface area contributed by atoms with E-state index in [0.717, 1.165) is 24.1 Å². The van der Waals surface area contributed by atoms with Crippen LogP contribution in [0.4, 0.5) is 5.69 Å². The van der Waals surface area contributed by atoms with Gasteiger partial charge in [-0.3, -0.25) is 19.3 Å². The van der Waals surface area contributed by atoms with Crippen LogP contribution in [0.25, 0.3) is 0 Å². The van der Waals surface area contributed by atoms with Gasteiger partial charge in [0.25, 0.3) is 0 Å². The van der Waals surface area contributed by atoms with Crippen molar-refractivity contribution in [3.8, 4) is 0 Å². The topological polar surface area (TPSA) is 66.9 Å². The van der Waals surface area contributed by atoms with Crippen molar-refractivity contribution in [2.24, 2.45) is 0 Å². The van der Waals surface area contributed by atoms with Gasteiger partial charge in [-0.15, -0.1) is 11.8 Å². The molecule has 1 aromatic rings. The Morgan fingerprint density at radius 3 is 2.63 bits per heavy atom. The first-order valence-corrected chi connectivity index (χ1v) is 10.4. The molecule has 0 atom stereocenters. The van der Waals surface area contributed by atoms with Crippen LogP contribution in [0.15, 0.2) is 24.3 Å². The molecule has 0 saturated carbocycles. The van der Waals surface area contributed by atoms with Crippen molar-refractivity contribution in [2.75, 3.05) is 30.3 Å². The number of esters is 1. The molecule has 3 rings (SSSR count). The lowest BCUT2D eigenvalue weighted by atomic mass is 10.00. The number of hydrogen-bond donors (Lipinski definition) is 0. The maximum absolute atomic E-state index is 12.6. The molecule has 2 saturated heterocycles. The zero-order valence-electron chi connectivity index (χ0n) is 15.9. The lowest BCUT2D eigenvalue weighted by molar-refractivity contribution is -0.146. The summed E-state index contributed by atoms with van der Waals surface area (Å²) in [4.78, 5) is 39.9. The minimum Gasteiger partial charge on any atom is -0.466 e. The molecule has 7 heteroatoms. The molecule has 1 aromatic carbocycles. The highest BCUT2D eigenvalue weighted by Crippen LogP contribution is 2.46. The monoisotopic (exact) mass is 390 g/mol. The van der Waals surface area contributed by atoms with Gasteiger partial charge in [0, 0.05) is 25.2 Å². The Bertz CT molecular complexity index is 728. The number of likely N-dealkylation sites (tertiary alicyclic amines) is 1. The fourth-order valence-corrected chi connectivity index (χ4v) is 5.10. The molecule has 0 N–H and O–H groups in total. The average molecular weight is 391 g/mol. The number of hydrogen-bond acceptors (Lipinski definition) is 5. The van der Waals surface area contributed by atoms with Crippen molar-refractivity contribution in [3.05, 3.63) is 29.8 Å². The van der Waals surface area contributed by atoms with E-state index in [2.05, 4.69) is 0 Å². The van der Waals surface area contributed by atoms with E-state index in [9.17, 15) is 14.4 Å². The Labute approximate surface area is 164 Å². The number of amides is 2. The summed E-state index contributed by atoms with van der Waals surface area (Å²) in [5.41, 5.74) is 2.06. The number of rotatable bonds is 5. The minimum absolute atomic E-state index is 0.0191. The minimum atomic E-state index is -0.332. The van der Waals surface area contributed by atoms with Gasteiger partial charge in [0.1, 0.15) is 0 Å². The molecule has 27 heavy (non-hydrogen) atoms. The smallest absolute Gasteiger partial charge is 0.306 e. The molecule has 0 aliphatic carbocycles. The van der Waals surface area contributed by atoms with Crippen LogP contribution < -0.4 is 4.90 Å². The molecule has 1 spiro atoms. The molecule has 2 heterocycles. The molecule has 0 aromatic heterocycles. The van der Waals surface area contributed by atoms with Crippen molar-refractivity contribution in [2.45, 2.75) is 44.4 Å². The van der Waals surface area contributed by atoms with E-state index < -0.39 is 0 Å². The third-order valence-corrected chi connectivity index (χ3v) is 6.65. The van der Waals surface area contributed by atoms with Crippen molar-refractivity contribution >= 4 is 35.2 Å². The SMILES string of the molecule is CCOC(=O)CCC(=O)N1CCC2(CC1)SCC(=O)N2c1cccc(C)c1. The summed E-state index contributed by atoms with van der Waals surface area (Å²) in [6.45, 7) is 5.31. The van der Waals surface area contributed by atoms with Crippen LogP contribution in [0.5, 0.6) is 0 Å². The van der Waals surface area contributed by atoms with Crippen molar-refractivity contribution < 1.29 is 19.1 Å². The standard InChI is InChI=1S/C20H26N2O4S/c1-3-26-19(25)8-7-17(23)21-11-9-20(10-12-21)22(18(24)14-27-20)16-6-4-5-15(2)13-16/h4-6,13H,3,7-12,14H2,1-2H3. The van der Waals surface area contributed by atoms with Crippen molar-refractivity contribution in [1.29, 1.82) is 0 Å². The summed E-state index contributed by atoms with van der Waals surface area (Å²) in [6.07, 6.45) is 1.78. The van der Waals surface area contributed by atoms with E-state index >= 15 is 0 Å². The highest BCUT2D eigenvalue weighted by atomic mass is 32.2. The van der Waals surface area contributed by atoms with Gasteiger partial charge in [0.15, 0.2) is 0 Å². The van der Waals surface area contributed by atoms with E-state index in [1.165, 1.54) is 0 Å². The van der Waals surface area contributed by atoms with Crippen LogP contribution in [0.2, 0.25) is 0 Å². The number of carbonyl (C=O) groups excluding carboxylic acids is 3. The van der Waals surface area contributed by atoms with Gasteiger partial charge in [-0.05, 0) is 44.4 Å². The van der Waals surface area contributed by atoms with E-state index in [4.69, 9.17) is 4.74 Å². The maximum Gasteiger partial charge on any atom is 0.306 e. The lowest BCUT2D eigenvalue weighted by Gasteiger charge is -2.44. The first-order valence-electron chi connectivity index (χ1n) is 9.42. The van der Waals surface area contributed by atoms with E-state index in [1.807, 2.05) is 41.0 Å². The molecule has 2 fully saturated rings. The molecule has 0 radical (unpaired) electrons. The predicted molar refractivity (Wildman–Crippen MR) is 106 cm³/mol. The van der Waals surface area contributed by atoms with Gasteiger partial charge in [0.2, 0.25) is 11.8 Å². The lowest BCUT2D eigenvalue weighted by Crippen LogP contribution is -2.53. The second-order valence-corrected chi connectivity index (χ2v) is 8.33. The molecular formula is C20H26N2O4S. The number of benzene rings is 1. The van der Waals surface area contributed by atoms with Gasteiger partial charge >= 0.3 is 5.97 Å². The quantitative estimate of drug-likeness (QED) is 0.723. The third kappa shape index (κ3) is 4.29. The molecule has 2 aliphatic rings. The van der Waals surface area contributed by atoms with Gasteiger partial charge in [-0.1, -0.05) is 12.1 Å². The van der Waals surface area contributed by atoms with Gasteiger partial charge in [0.05, 0.1) is 23.7 Å². The number of aryl methyl sites for hydroxylation is 1. The highest BCUT2D eigenvalue weighted by molar-refractivity contribution is 8.02. The van der Waals surface area contributed by atoms with Crippen LogP contribution >= 0.6 is 11.8 Å².